The van der Waals surface area contributed by atoms with E-state index in [0.717, 1.165) is 38.2 Å². The Morgan fingerprint density at radius 1 is 1.26 bits per heavy atom. The standard InChI is InChI=1S/C16H26N2O/c1-13-4-6-15(7-5-13)16(19)8-9-18-11-10-17(3)14(2)12-18/h4-7,14,16,19H,8-12H2,1-3H3. The van der Waals surface area contributed by atoms with Gasteiger partial charge in [-0.05, 0) is 32.9 Å². The second kappa shape index (κ2) is 6.51. The van der Waals surface area contributed by atoms with Crippen molar-refractivity contribution in [2.24, 2.45) is 0 Å². The van der Waals surface area contributed by atoms with E-state index in [-0.39, 0.29) is 6.10 Å². The summed E-state index contributed by atoms with van der Waals surface area (Å²) in [6.07, 6.45) is 0.482. The van der Waals surface area contributed by atoms with Gasteiger partial charge < -0.3 is 14.9 Å². The zero-order valence-electron chi connectivity index (χ0n) is 12.3. The summed E-state index contributed by atoms with van der Waals surface area (Å²) >= 11 is 0. The van der Waals surface area contributed by atoms with Gasteiger partial charge >= 0.3 is 0 Å². The third-order valence-electron chi connectivity index (χ3n) is 4.22. The summed E-state index contributed by atoms with van der Waals surface area (Å²) in [7, 11) is 2.18. The van der Waals surface area contributed by atoms with E-state index in [1.807, 2.05) is 12.1 Å². The Labute approximate surface area is 116 Å². The molecule has 0 aliphatic carbocycles. The Balaban J connectivity index is 1.80. The van der Waals surface area contributed by atoms with Gasteiger partial charge in [-0.15, -0.1) is 0 Å². The fourth-order valence-electron chi connectivity index (χ4n) is 2.59. The molecule has 1 aromatic rings. The second-order valence-electron chi connectivity index (χ2n) is 5.85. The maximum Gasteiger partial charge on any atom is 0.0802 e. The zero-order chi connectivity index (χ0) is 13.8. The Hall–Kier alpha value is -0.900. The maximum atomic E-state index is 10.2. The van der Waals surface area contributed by atoms with Crippen molar-refractivity contribution in [2.75, 3.05) is 33.2 Å². The van der Waals surface area contributed by atoms with E-state index in [1.54, 1.807) is 0 Å². The molecule has 1 aromatic carbocycles. The highest BCUT2D eigenvalue weighted by Gasteiger charge is 2.21. The average molecular weight is 262 g/mol. The molecule has 1 N–H and O–H groups in total. The van der Waals surface area contributed by atoms with E-state index in [1.165, 1.54) is 5.56 Å². The molecule has 1 aliphatic heterocycles. The lowest BCUT2D eigenvalue weighted by Crippen LogP contribution is -2.50. The molecule has 0 amide bonds. The van der Waals surface area contributed by atoms with Gasteiger partial charge in [0, 0.05) is 32.2 Å². The fourth-order valence-corrected chi connectivity index (χ4v) is 2.59. The fraction of sp³-hybridized carbons (Fsp3) is 0.625. The van der Waals surface area contributed by atoms with Crippen LogP contribution in [-0.4, -0.2) is 54.2 Å². The number of hydrogen-bond acceptors (Lipinski definition) is 3. The zero-order valence-corrected chi connectivity index (χ0v) is 12.3. The third kappa shape index (κ3) is 4.03. The van der Waals surface area contributed by atoms with Gasteiger partial charge in [-0.1, -0.05) is 29.8 Å². The molecule has 1 aliphatic rings. The van der Waals surface area contributed by atoms with Crippen molar-refractivity contribution >= 4 is 0 Å². The lowest BCUT2D eigenvalue weighted by molar-refractivity contribution is 0.0839. The molecular formula is C16H26N2O. The summed E-state index contributed by atoms with van der Waals surface area (Å²) in [6, 6.07) is 8.82. The van der Waals surface area contributed by atoms with Crippen molar-refractivity contribution in [2.45, 2.75) is 32.4 Å². The van der Waals surface area contributed by atoms with Crippen LogP contribution in [0.1, 0.15) is 30.6 Å². The Morgan fingerprint density at radius 2 is 1.95 bits per heavy atom. The molecular weight excluding hydrogens is 236 g/mol. The molecule has 0 spiro atoms. The summed E-state index contributed by atoms with van der Waals surface area (Å²) in [4.78, 5) is 4.86. The molecule has 2 unspecified atom stereocenters. The largest absolute Gasteiger partial charge is 0.388 e. The van der Waals surface area contributed by atoms with Crippen LogP contribution in [-0.2, 0) is 0 Å². The van der Waals surface area contributed by atoms with Crippen molar-refractivity contribution in [3.05, 3.63) is 35.4 Å². The normalized spacial score (nSPS) is 23.5. The van der Waals surface area contributed by atoms with E-state index < -0.39 is 0 Å². The minimum absolute atomic E-state index is 0.337. The highest BCUT2D eigenvalue weighted by Crippen LogP contribution is 2.18. The van der Waals surface area contributed by atoms with E-state index in [0.29, 0.717) is 6.04 Å². The van der Waals surface area contributed by atoms with Crippen molar-refractivity contribution < 1.29 is 5.11 Å². The lowest BCUT2D eigenvalue weighted by atomic mass is 10.0. The first kappa shape index (κ1) is 14.5. The molecule has 3 heteroatoms. The predicted octanol–water partition coefficient (Wildman–Crippen LogP) is 2.05. The highest BCUT2D eigenvalue weighted by atomic mass is 16.3. The second-order valence-corrected chi connectivity index (χ2v) is 5.85. The number of aryl methyl sites for hydroxylation is 1. The van der Waals surface area contributed by atoms with Crippen LogP contribution >= 0.6 is 0 Å². The van der Waals surface area contributed by atoms with Crippen molar-refractivity contribution in [3.63, 3.8) is 0 Å². The number of likely N-dealkylation sites (N-methyl/N-ethyl adjacent to an activating group) is 1. The van der Waals surface area contributed by atoms with E-state index in [4.69, 9.17) is 0 Å². The first-order valence-corrected chi connectivity index (χ1v) is 7.23. The quantitative estimate of drug-likeness (QED) is 0.899. The van der Waals surface area contributed by atoms with Crippen LogP contribution in [0.5, 0.6) is 0 Å². The monoisotopic (exact) mass is 262 g/mol. The number of rotatable bonds is 4. The first-order valence-electron chi connectivity index (χ1n) is 7.23. The van der Waals surface area contributed by atoms with Gasteiger partial charge in [-0.25, -0.2) is 0 Å². The Morgan fingerprint density at radius 3 is 2.58 bits per heavy atom. The SMILES string of the molecule is Cc1ccc(C(O)CCN2CCN(C)C(C)C2)cc1. The van der Waals surface area contributed by atoms with Crippen LogP contribution in [0.25, 0.3) is 0 Å². The molecule has 3 nitrogen and oxygen atoms in total. The molecule has 2 atom stereocenters. The number of hydrogen-bond donors (Lipinski definition) is 1. The van der Waals surface area contributed by atoms with E-state index >= 15 is 0 Å². The van der Waals surface area contributed by atoms with Crippen LogP contribution in [0.2, 0.25) is 0 Å². The molecule has 106 valence electrons. The first-order chi connectivity index (χ1) is 9.06. The van der Waals surface area contributed by atoms with Gasteiger partial charge in [0.15, 0.2) is 0 Å². The summed E-state index contributed by atoms with van der Waals surface area (Å²) in [5.74, 6) is 0. The minimum atomic E-state index is -0.337. The molecule has 0 aromatic heterocycles. The van der Waals surface area contributed by atoms with Crippen LogP contribution in [0, 0.1) is 6.92 Å². The van der Waals surface area contributed by atoms with Crippen molar-refractivity contribution in [1.29, 1.82) is 0 Å². The average Bonchev–Trinajstić information content (AvgIpc) is 2.40. The van der Waals surface area contributed by atoms with E-state index in [2.05, 4.69) is 42.8 Å². The molecule has 0 bridgehead atoms. The Kier molecular flexibility index (Phi) is 4.97. The minimum Gasteiger partial charge on any atom is -0.388 e. The van der Waals surface area contributed by atoms with Gasteiger partial charge in [-0.2, -0.15) is 0 Å². The van der Waals surface area contributed by atoms with Gasteiger partial charge in [0.25, 0.3) is 0 Å². The van der Waals surface area contributed by atoms with Crippen LogP contribution in [0.3, 0.4) is 0 Å². The third-order valence-corrected chi connectivity index (χ3v) is 4.22. The van der Waals surface area contributed by atoms with E-state index in [9.17, 15) is 5.11 Å². The molecule has 0 radical (unpaired) electrons. The number of benzene rings is 1. The molecule has 19 heavy (non-hydrogen) atoms. The smallest absolute Gasteiger partial charge is 0.0802 e. The summed E-state index contributed by atoms with van der Waals surface area (Å²) < 4.78 is 0. The summed E-state index contributed by atoms with van der Waals surface area (Å²) in [5, 5.41) is 10.2. The van der Waals surface area contributed by atoms with Gasteiger partial charge in [-0.3, -0.25) is 0 Å². The van der Waals surface area contributed by atoms with Crippen molar-refractivity contribution in [1.82, 2.24) is 9.80 Å². The number of nitrogens with zero attached hydrogens (tertiary/aromatic N) is 2. The van der Waals surface area contributed by atoms with Crippen LogP contribution in [0.15, 0.2) is 24.3 Å². The summed E-state index contributed by atoms with van der Waals surface area (Å²) in [6.45, 7) is 8.66. The molecule has 2 rings (SSSR count). The molecule has 1 saturated heterocycles. The number of aliphatic hydroxyl groups is 1. The van der Waals surface area contributed by atoms with Gasteiger partial charge in [0.2, 0.25) is 0 Å². The predicted molar refractivity (Wildman–Crippen MR) is 79.3 cm³/mol. The Bertz CT molecular complexity index is 390. The molecule has 0 saturated carbocycles. The lowest BCUT2D eigenvalue weighted by Gasteiger charge is -2.38. The number of piperazine rings is 1. The molecule has 1 fully saturated rings. The molecule has 1 heterocycles. The number of aliphatic hydroxyl groups excluding tert-OH is 1. The highest BCUT2D eigenvalue weighted by molar-refractivity contribution is 5.23. The van der Waals surface area contributed by atoms with Crippen LogP contribution < -0.4 is 0 Å². The summed E-state index contributed by atoms with van der Waals surface area (Å²) in [5.41, 5.74) is 2.27. The topological polar surface area (TPSA) is 26.7 Å². The van der Waals surface area contributed by atoms with Crippen LogP contribution in [0.4, 0.5) is 0 Å². The van der Waals surface area contributed by atoms with Gasteiger partial charge in [0.05, 0.1) is 6.10 Å². The van der Waals surface area contributed by atoms with Crippen molar-refractivity contribution in [3.8, 4) is 0 Å². The maximum absolute atomic E-state index is 10.2. The van der Waals surface area contributed by atoms with Gasteiger partial charge in [0.1, 0.15) is 0 Å².